The van der Waals surface area contributed by atoms with Crippen LogP contribution in [-0.2, 0) is 22.7 Å². The Morgan fingerprint density at radius 2 is 2.00 bits per heavy atom. The highest BCUT2D eigenvalue weighted by atomic mass is 32.2. The lowest BCUT2D eigenvalue weighted by Crippen LogP contribution is -2.33. The number of aliphatic hydroxyl groups is 1. The van der Waals surface area contributed by atoms with Gasteiger partial charge in [0.25, 0.3) is 0 Å². The first-order chi connectivity index (χ1) is 13.9. The average molecular weight is 423 g/mol. The molecule has 0 atom stereocenters. The molecule has 1 heterocycles. The van der Waals surface area contributed by atoms with Crippen LogP contribution in [0, 0.1) is 0 Å². The number of imidazole rings is 1. The number of carbonyl (C=O) groups excluding carboxylic acids is 2. The normalized spacial score (nSPS) is 10.7. The molecular formula is C19H26N4O5S. The number of amides is 2. The van der Waals surface area contributed by atoms with Crippen molar-refractivity contribution >= 4 is 29.3 Å². The zero-order valence-electron chi connectivity index (χ0n) is 16.9. The fourth-order valence-corrected chi connectivity index (χ4v) is 3.33. The van der Waals surface area contributed by atoms with Gasteiger partial charge in [0.05, 0.1) is 44.2 Å². The maximum Gasteiger partial charge on any atom is 0.240 e. The molecule has 1 aromatic heterocycles. The minimum absolute atomic E-state index is 0.00459. The number of nitrogens with one attached hydrogen (secondary N) is 2. The Labute approximate surface area is 173 Å². The molecule has 0 aliphatic heterocycles. The molecule has 0 radical (unpaired) electrons. The second-order valence-corrected chi connectivity index (χ2v) is 7.34. The van der Waals surface area contributed by atoms with Gasteiger partial charge in [0.15, 0.2) is 5.16 Å². The molecule has 2 aromatic rings. The molecule has 10 heteroatoms. The van der Waals surface area contributed by atoms with Gasteiger partial charge < -0.3 is 29.8 Å². The van der Waals surface area contributed by atoms with Crippen molar-refractivity contribution in [1.82, 2.24) is 14.9 Å². The molecule has 0 fully saturated rings. The van der Waals surface area contributed by atoms with E-state index in [2.05, 4.69) is 15.6 Å². The summed E-state index contributed by atoms with van der Waals surface area (Å²) >= 11 is 1.18. The van der Waals surface area contributed by atoms with Crippen LogP contribution in [0.5, 0.6) is 11.5 Å². The van der Waals surface area contributed by atoms with E-state index < -0.39 is 0 Å². The Morgan fingerprint density at radius 1 is 1.24 bits per heavy atom. The van der Waals surface area contributed by atoms with Gasteiger partial charge in [0.2, 0.25) is 11.8 Å². The summed E-state index contributed by atoms with van der Waals surface area (Å²) in [7, 11) is 3.06. The fraction of sp³-hybridized carbons (Fsp3) is 0.421. The van der Waals surface area contributed by atoms with E-state index in [1.54, 1.807) is 29.9 Å². The molecule has 9 nitrogen and oxygen atoms in total. The van der Waals surface area contributed by atoms with Gasteiger partial charge in [-0.05, 0) is 26.0 Å². The fourth-order valence-electron chi connectivity index (χ4n) is 2.53. The van der Waals surface area contributed by atoms with Crippen molar-refractivity contribution in [3.8, 4) is 11.5 Å². The van der Waals surface area contributed by atoms with Gasteiger partial charge >= 0.3 is 0 Å². The van der Waals surface area contributed by atoms with Crippen LogP contribution < -0.4 is 20.1 Å². The highest BCUT2D eigenvalue weighted by Gasteiger charge is 2.16. The first-order valence-corrected chi connectivity index (χ1v) is 9.95. The van der Waals surface area contributed by atoms with Crippen LogP contribution in [0.1, 0.15) is 19.5 Å². The zero-order chi connectivity index (χ0) is 21.4. The summed E-state index contributed by atoms with van der Waals surface area (Å²) in [5, 5.41) is 15.6. The number of hydrogen-bond acceptors (Lipinski definition) is 7. The predicted molar refractivity (Wildman–Crippen MR) is 110 cm³/mol. The van der Waals surface area contributed by atoms with Crippen LogP contribution in [0.15, 0.2) is 29.6 Å². The van der Waals surface area contributed by atoms with E-state index in [1.807, 2.05) is 13.8 Å². The second-order valence-electron chi connectivity index (χ2n) is 6.40. The summed E-state index contributed by atoms with van der Waals surface area (Å²) in [6, 6.07) is 5.10. The highest BCUT2D eigenvalue weighted by molar-refractivity contribution is 7.99. The number of aliphatic hydroxyl groups excluding tert-OH is 1. The van der Waals surface area contributed by atoms with Gasteiger partial charge in [-0.1, -0.05) is 11.8 Å². The monoisotopic (exact) mass is 422 g/mol. The van der Waals surface area contributed by atoms with Gasteiger partial charge in [-0.3, -0.25) is 9.59 Å². The van der Waals surface area contributed by atoms with E-state index in [-0.39, 0.29) is 36.8 Å². The average Bonchev–Trinajstić information content (AvgIpc) is 3.07. The number of methoxy groups -OCH3 is 2. The number of hydrogen-bond donors (Lipinski definition) is 3. The lowest BCUT2D eigenvalue weighted by Gasteiger charge is -2.13. The van der Waals surface area contributed by atoms with Crippen LogP contribution in [-0.4, -0.2) is 52.5 Å². The number of carbonyl (C=O) groups is 2. The third-order valence-electron chi connectivity index (χ3n) is 3.83. The standard InChI is InChI=1S/C19H26N4O5S/c1-12(2)21-17(25)9-23-13(10-24)8-20-19(23)29-11-18(26)22-15-6-5-14(27-3)7-16(15)28-4/h5-8,12,24H,9-11H2,1-4H3,(H,21,25)(H,22,26). The summed E-state index contributed by atoms with van der Waals surface area (Å²) in [5.41, 5.74) is 1.03. The van der Waals surface area contributed by atoms with Crippen molar-refractivity contribution in [3.63, 3.8) is 0 Å². The number of anilines is 1. The lowest BCUT2D eigenvalue weighted by atomic mass is 10.2. The molecule has 0 aliphatic carbocycles. The third-order valence-corrected chi connectivity index (χ3v) is 4.82. The summed E-state index contributed by atoms with van der Waals surface area (Å²) in [5.74, 6) is 0.722. The van der Waals surface area contributed by atoms with Crippen molar-refractivity contribution in [3.05, 3.63) is 30.1 Å². The topological polar surface area (TPSA) is 115 Å². The van der Waals surface area contributed by atoms with Gasteiger partial charge in [-0.15, -0.1) is 0 Å². The molecule has 0 saturated carbocycles. The largest absolute Gasteiger partial charge is 0.497 e. The zero-order valence-corrected chi connectivity index (χ0v) is 17.7. The first kappa shape index (κ1) is 22.6. The van der Waals surface area contributed by atoms with Crippen LogP contribution in [0.2, 0.25) is 0 Å². The second kappa shape index (κ2) is 10.7. The minimum atomic E-state index is -0.259. The Balaban J connectivity index is 2.03. The molecule has 1 aromatic carbocycles. The van der Waals surface area contributed by atoms with Gasteiger partial charge in [-0.2, -0.15) is 0 Å². The van der Waals surface area contributed by atoms with Crippen LogP contribution >= 0.6 is 11.8 Å². The number of thioether (sulfide) groups is 1. The van der Waals surface area contributed by atoms with E-state index in [0.29, 0.717) is 28.0 Å². The summed E-state index contributed by atoms with van der Waals surface area (Å²) in [6.07, 6.45) is 1.50. The quantitative estimate of drug-likeness (QED) is 0.499. The molecule has 0 saturated heterocycles. The third kappa shape index (κ3) is 6.40. The highest BCUT2D eigenvalue weighted by Crippen LogP contribution is 2.29. The Hall–Kier alpha value is -2.72. The van der Waals surface area contributed by atoms with Crippen LogP contribution in [0.3, 0.4) is 0 Å². The molecule has 0 unspecified atom stereocenters. The molecule has 29 heavy (non-hydrogen) atoms. The van der Waals surface area contributed by atoms with E-state index >= 15 is 0 Å². The van der Waals surface area contributed by atoms with Gasteiger partial charge in [0.1, 0.15) is 18.0 Å². The summed E-state index contributed by atoms with van der Waals surface area (Å²) in [6.45, 7) is 3.50. The number of nitrogens with zero attached hydrogens (tertiary/aromatic N) is 2. The smallest absolute Gasteiger partial charge is 0.240 e. The van der Waals surface area contributed by atoms with Crippen LogP contribution in [0.4, 0.5) is 5.69 Å². The molecule has 3 N–H and O–H groups in total. The molecule has 2 rings (SSSR count). The molecule has 0 bridgehead atoms. The van der Waals surface area contributed by atoms with Crippen molar-refractivity contribution in [2.45, 2.75) is 38.2 Å². The summed E-state index contributed by atoms with van der Waals surface area (Å²) < 4.78 is 12.0. The Bertz CT molecular complexity index is 853. The van der Waals surface area contributed by atoms with E-state index in [9.17, 15) is 14.7 Å². The van der Waals surface area contributed by atoms with Gasteiger partial charge in [-0.25, -0.2) is 4.98 Å². The maximum atomic E-state index is 12.4. The Kier molecular flexibility index (Phi) is 8.34. The van der Waals surface area contributed by atoms with Crippen LogP contribution in [0.25, 0.3) is 0 Å². The van der Waals surface area contributed by atoms with Crippen molar-refractivity contribution in [2.24, 2.45) is 0 Å². The predicted octanol–water partition coefficient (Wildman–Crippen LogP) is 1.65. The number of aromatic nitrogens is 2. The lowest BCUT2D eigenvalue weighted by molar-refractivity contribution is -0.122. The van der Waals surface area contributed by atoms with Crippen molar-refractivity contribution in [1.29, 1.82) is 0 Å². The SMILES string of the molecule is COc1ccc(NC(=O)CSc2ncc(CO)n2CC(=O)NC(C)C)c(OC)c1. The summed E-state index contributed by atoms with van der Waals surface area (Å²) in [4.78, 5) is 28.7. The molecule has 158 valence electrons. The van der Waals surface area contributed by atoms with Crippen molar-refractivity contribution < 1.29 is 24.2 Å². The van der Waals surface area contributed by atoms with E-state index in [0.717, 1.165) is 0 Å². The molecule has 2 amide bonds. The van der Waals surface area contributed by atoms with E-state index in [4.69, 9.17) is 9.47 Å². The first-order valence-electron chi connectivity index (χ1n) is 8.97. The molecule has 0 aliphatic rings. The van der Waals surface area contributed by atoms with Crippen molar-refractivity contribution in [2.75, 3.05) is 25.3 Å². The molecular weight excluding hydrogens is 396 g/mol. The minimum Gasteiger partial charge on any atom is -0.497 e. The number of benzene rings is 1. The maximum absolute atomic E-state index is 12.4. The van der Waals surface area contributed by atoms with E-state index in [1.165, 1.54) is 25.1 Å². The van der Waals surface area contributed by atoms with Gasteiger partial charge in [0, 0.05) is 12.1 Å². The number of ether oxygens (including phenoxy) is 2. The molecule has 0 spiro atoms. The Morgan fingerprint density at radius 3 is 2.62 bits per heavy atom. The number of rotatable bonds is 10.